The predicted octanol–water partition coefficient (Wildman–Crippen LogP) is 1.41. The molecule has 0 saturated carbocycles. The lowest BCUT2D eigenvalue weighted by Crippen LogP contribution is -2.48. The highest BCUT2D eigenvalue weighted by Crippen LogP contribution is 2.17. The molecule has 1 aliphatic rings. The first-order valence-electron chi connectivity index (χ1n) is 6.28. The van der Waals surface area contributed by atoms with Crippen LogP contribution in [0, 0.1) is 5.92 Å². The molecule has 1 fully saturated rings. The van der Waals surface area contributed by atoms with Crippen LogP contribution in [-0.2, 0) is 4.79 Å². The summed E-state index contributed by atoms with van der Waals surface area (Å²) in [4.78, 5) is 13.8. The van der Waals surface area contributed by atoms with E-state index in [2.05, 4.69) is 24.1 Å². The monoisotopic (exact) mass is 299 g/mol. The maximum Gasteiger partial charge on any atom is 0.236 e. The summed E-state index contributed by atoms with van der Waals surface area (Å²) >= 11 is 0. The Morgan fingerprint density at radius 2 is 1.83 bits per heavy atom. The smallest absolute Gasteiger partial charge is 0.236 e. The fourth-order valence-corrected chi connectivity index (χ4v) is 2.01. The lowest BCUT2D eigenvalue weighted by Gasteiger charge is -2.35. The van der Waals surface area contributed by atoms with Crippen molar-refractivity contribution in [3.05, 3.63) is 0 Å². The molecule has 0 radical (unpaired) electrons. The summed E-state index contributed by atoms with van der Waals surface area (Å²) in [5.41, 5.74) is 5.49. The van der Waals surface area contributed by atoms with Crippen molar-refractivity contribution in [1.82, 2.24) is 10.2 Å². The number of halogens is 2. The number of rotatable bonds is 4. The molecular weight excluding hydrogens is 273 g/mol. The van der Waals surface area contributed by atoms with Crippen molar-refractivity contribution >= 4 is 30.7 Å². The summed E-state index contributed by atoms with van der Waals surface area (Å²) in [6.07, 6.45) is 2.54. The molecule has 3 N–H and O–H groups in total. The van der Waals surface area contributed by atoms with Gasteiger partial charge in [-0.1, -0.05) is 6.92 Å². The van der Waals surface area contributed by atoms with Crippen molar-refractivity contribution in [1.29, 1.82) is 0 Å². The number of nitrogens with one attached hydrogen (secondary N) is 1. The van der Waals surface area contributed by atoms with Crippen molar-refractivity contribution in [2.45, 2.75) is 45.7 Å². The van der Waals surface area contributed by atoms with Gasteiger partial charge in [0.15, 0.2) is 0 Å². The molecule has 0 spiro atoms. The van der Waals surface area contributed by atoms with Gasteiger partial charge < -0.3 is 11.1 Å². The Morgan fingerprint density at radius 1 is 1.33 bits per heavy atom. The molecule has 1 unspecified atom stereocenters. The molecule has 1 heterocycles. The van der Waals surface area contributed by atoms with Gasteiger partial charge in [0, 0.05) is 12.6 Å². The van der Waals surface area contributed by atoms with Crippen molar-refractivity contribution in [2.24, 2.45) is 11.7 Å². The van der Waals surface area contributed by atoms with Gasteiger partial charge >= 0.3 is 0 Å². The summed E-state index contributed by atoms with van der Waals surface area (Å²) < 4.78 is 0. The molecule has 1 rings (SSSR count). The third-order valence-corrected chi connectivity index (χ3v) is 3.43. The summed E-state index contributed by atoms with van der Waals surface area (Å²) in [5.74, 6) is 0.791. The van der Waals surface area contributed by atoms with Crippen LogP contribution in [0.4, 0.5) is 0 Å². The SMILES string of the molecule is CC1CCN(C(C)CNC(=O)[C@@H](C)N)CC1.Cl.Cl. The van der Waals surface area contributed by atoms with Crippen LogP contribution in [0.1, 0.15) is 33.6 Å². The van der Waals surface area contributed by atoms with E-state index < -0.39 is 6.04 Å². The van der Waals surface area contributed by atoms with Crippen LogP contribution >= 0.6 is 24.8 Å². The van der Waals surface area contributed by atoms with Crippen LogP contribution < -0.4 is 11.1 Å². The molecule has 1 amide bonds. The Kier molecular flexibility index (Phi) is 11.1. The molecule has 1 aliphatic heterocycles. The van der Waals surface area contributed by atoms with Gasteiger partial charge in [-0.25, -0.2) is 0 Å². The van der Waals surface area contributed by atoms with E-state index in [1.54, 1.807) is 6.92 Å². The van der Waals surface area contributed by atoms with Gasteiger partial charge in [0.25, 0.3) is 0 Å². The van der Waals surface area contributed by atoms with E-state index in [1.807, 2.05) is 0 Å². The van der Waals surface area contributed by atoms with Gasteiger partial charge in [-0.2, -0.15) is 0 Å². The Labute approximate surface area is 123 Å². The Morgan fingerprint density at radius 3 is 2.28 bits per heavy atom. The normalized spacial score (nSPS) is 20.2. The number of carbonyl (C=O) groups excluding carboxylic acids is 1. The summed E-state index contributed by atoms with van der Waals surface area (Å²) in [5, 5.41) is 2.88. The van der Waals surface area contributed by atoms with E-state index in [0.29, 0.717) is 12.6 Å². The number of nitrogens with zero attached hydrogens (tertiary/aromatic N) is 1. The number of hydrogen-bond donors (Lipinski definition) is 2. The molecular formula is C12H27Cl2N3O. The average Bonchev–Trinajstić information content (AvgIpc) is 2.26. The highest BCUT2D eigenvalue weighted by atomic mass is 35.5. The Balaban J connectivity index is 0. The largest absolute Gasteiger partial charge is 0.353 e. The van der Waals surface area contributed by atoms with Gasteiger partial charge in [0.2, 0.25) is 5.91 Å². The van der Waals surface area contributed by atoms with Crippen LogP contribution in [0.3, 0.4) is 0 Å². The standard InChI is InChI=1S/C12H25N3O.2ClH/c1-9-4-6-15(7-5-9)10(2)8-14-12(16)11(3)13;;/h9-11H,4-8,13H2,1-3H3,(H,14,16);2*1H/t10?,11-;;/m1../s1. The number of amides is 1. The quantitative estimate of drug-likeness (QED) is 0.825. The van der Waals surface area contributed by atoms with Crippen molar-refractivity contribution in [2.75, 3.05) is 19.6 Å². The molecule has 0 aliphatic carbocycles. The first-order chi connectivity index (χ1) is 7.50. The molecule has 18 heavy (non-hydrogen) atoms. The maximum atomic E-state index is 11.3. The van der Waals surface area contributed by atoms with Crippen LogP contribution in [-0.4, -0.2) is 42.5 Å². The first-order valence-corrected chi connectivity index (χ1v) is 6.28. The zero-order valence-electron chi connectivity index (χ0n) is 11.5. The molecule has 4 nitrogen and oxygen atoms in total. The van der Waals surface area contributed by atoms with Crippen molar-refractivity contribution in [3.8, 4) is 0 Å². The van der Waals surface area contributed by atoms with Gasteiger partial charge in [0.05, 0.1) is 6.04 Å². The second kappa shape index (κ2) is 9.84. The van der Waals surface area contributed by atoms with Crippen molar-refractivity contribution < 1.29 is 4.79 Å². The van der Waals surface area contributed by atoms with Crippen LogP contribution in [0.5, 0.6) is 0 Å². The molecule has 0 bridgehead atoms. The summed E-state index contributed by atoms with van der Waals surface area (Å²) in [7, 11) is 0. The molecule has 0 aromatic heterocycles. The second-order valence-electron chi connectivity index (χ2n) is 5.10. The molecule has 6 heteroatoms. The summed E-state index contributed by atoms with van der Waals surface area (Å²) in [6, 6.07) is 0.00350. The summed E-state index contributed by atoms with van der Waals surface area (Å²) in [6.45, 7) is 9.18. The highest BCUT2D eigenvalue weighted by Gasteiger charge is 2.20. The number of likely N-dealkylation sites (tertiary alicyclic amines) is 1. The third kappa shape index (κ3) is 6.78. The van der Waals surface area contributed by atoms with Crippen LogP contribution in [0.25, 0.3) is 0 Å². The van der Waals surface area contributed by atoms with E-state index in [0.717, 1.165) is 19.0 Å². The molecule has 0 aromatic rings. The minimum absolute atomic E-state index is 0. The zero-order chi connectivity index (χ0) is 12.1. The van der Waals surface area contributed by atoms with E-state index in [4.69, 9.17) is 5.73 Å². The fourth-order valence-electron chi connectivity index (χ4n) is 2.01. The van der Waals surface area contributed by atoms with Gasteiger partial charge in [0.1, 0.15) is 0 Å². The Hall–Kier alpha value is -0.0300. The number of hydrogen-bond acceptors (Lipinski definition) is 3. The maximum absolute atomic E-state index is 11.3. The molecule has 0 aromatic carbocycles. The third-order valence-electron chi connectivity index (χ3n) is 3.43. The molecule has 1 saturated heterocycles. The fraction of sp³-hybridized carbons (Fsp3) is 0.917. The van der Waals surface area contributed by atoms with Crippen LogP contribution in [0.15, 0.2) is 0 Å². The number of piperidine rings is 1. The predicted molar refractivity (Wildman–Crippen MR) is 80.6 cm³/mol. The zero-order valence-corrected chi connectivity index (χ0v) is 13.1. The Bertz CT molecular complexity index is 231. The van der Waals surface area contributed by atoms with Crippen molar-refractivity contribution in [3.63, 3.8) is 0 Å². The van der Waals surface area contributed by atoms with Gasteiger partial charge in [-0.3, -0.25) is 9.69 Å². The highest BCUT2D eigenvalue weighted by molar-refractivity contribution is 5.85. The van der Waals surface area contributed by atoms with Gasteiger partial charge in [-0.15, -0.1) is 24.8 Å². The average molecular weight is 300 g/mol. The first kappa shape index (κ1) is 20.3. The minimum Gasteiger partial charge on any atom is -0.353 e. The van der Waals surface area contributed by atoms with Gasteiger partial charge in [-0.05, 0) is 45.7 Å². The van der Waals surface area contributed by atoms with E-state index in [9.17, 15) is 4.79 Å². The number of carbonyl (C=O) groups is 1. The second-order valence-corrected chi connectivity index (χ2v) is 5.10. The van der Waals surface area contributed by atoms with E-state index >= 15 is 0 Å². The molecule has 110 valence electrons. The van der Waals surface area contributed by atoms with E-state index in [-0.39, 0.29) is 30.7 Å². The molecule has 2 atom stereocenters. The number of nitrogens with two attached hydrogens (primary N) is 1. The lowest BCUT2D eigenvalue weighted by atomic mass is 9.98. The van der Waals surface area contributed by atoms with Crippen LogP contribution in [0.2, 0.25) is 0 Å². The minimum atomic E-state index is -0.409. The van der Waals surface area contributed by atoms with E-state index in [1.165, 1.54) is 12.8 Å². The topological polar surface area (TPSA) is 58.4 Å². The lowest BCUT2D eigenvalue weighted by molar-refractivity contribution is -0.122.